The van der Waals surface area contributed by atoms with E-state index in [-0.39, 0.29) is 11.3 Å². The predicted molar refractivity (Wildman–Crippen MR) is 71.6 cm³/mol. The molecule has 0 saturated carbocycles. The standard InChI is InChI=1S/C16H13F2NO/c17-13-6-5-11(9-14(13)18)16(20)15-12-4-2-1-3-10(12)7-8-19-15/h1-6,9,15,19H,7-8H2. The summed E-state index contributed by atoms with van der Waals surface area (Å²) in [5, 5.41) is 3.14. The molecule has 1 unspecified atom stereocenters. The summed E-state index contributed by atoms with van der Waals surface area (Å²) in [5.74, 6) is -2.19. The molecule has 0 aromatic heterocycles. The van der Waals surface area contributed by atoms with E-state index < -0.39 is 17.7 Å². The van der Waals surface area contributed by atoms with Gasteiger partial charge in [0, 0.05) is 12.1 Å². The van der Waals surface area contributed by atoms with Crippen LogP contribution in [0, 0.1) is 11.6 Å². The molecule has 1 atom stereocenters. The van der Waals surface area contributed by atoms with Crippen LogP contribution >= 0.6 is 0 Å². The summed E-state index contributed by atoms with van der Waals surface area (Å²) >= 11 is 0. The molecular formula is C16H13F2NO. The van der Waals surface area contributed by atoms with Crippen molar-refractivity contribution in [2.24, 2.45) is 0 Å². The molecule has 20 heavy (non-hydrogen) atoms. The maximum absolute atomic E-state index is 13.3. The van der Waals surface area contributed by atoms with E-state index in [0.29, 0.717) is 6.54 Å². The Morgan fingerprint density at radius 2 is 1.90 bits per heavy atom. The highest BCUT2D eigenvalue weighted by atomic mass is 19.2. The largest absolute Gasteiger partial charge is 0.303 e. The SMILES string of the molecule is O=C(c1ccc(F)c(F)c1)C1NCCc2ccccc21. The lowest BCUT2D eigenvalue weighted by molar-refractivity contribution is 0.0939. The highest BCUT2D eigenvalue weighted by Crippen LogP contribution is 2.26. The first-order valence-corrected chi connectivity index (χ1v) is 6.47. The first kappa shape index (κ1) is 12.9. The molecule has 0 spiro atoms. The lowest BCUT2D eigenvalue weighted by atomic mass is 9.89. The number of benzene rings is 2. The Kier molecular flexibility index (Phi) is 3.32. The Morgan fingerprint density at radius 3 is 2.70 bits per heavy atom. The summed E-state index contributed by atoms with van der Waals surface area (Å²) in [5.41, 5.74) is 2.21. The highest BCUT2D eigenvalue weighted by molar-refractivity contribution is 6.01. The van der Waals surface area contributed by atoms with E-state index in [4.69, 9.17) is 0 Å². The molecule has 2 aromatic rings. The van der Waals surface area contributed by atoms with Crippen LogP contribution in [0.3, 0.4) is 0 Å². The minimum absolute atomic E-state index is 0.179. The van der Waals surface area contributed by atoms with Gasteiger partial charge in [-0.15, -0.1) is 0 Å². The first-order valence-electron chi connectivity index (χ1n) is 6.47. The summed E-state index contributed by atoms with van der Waals surface area (Å²) < 4.78 is 26.2. The van der Waals surface area contributed by atoms with Gasteiger partial charge in [-0.1, -0.05) is 24.3 Å². The van der Waals surface area contributed by atoms with Gasteiger partial charge in [-0.3, -0.25) is 4.79 Å². The number of carbonyl (C=O) groups excluding carboxylic acids is 1. The van der Waals surface area contributed by atoms with Crippen LogP contribution in [0.1, 0.15) is 27.5 Å². The normalized spacial score (nSPS) is 17.6. The lowest BCUT2D eigenvalue weighted by Crippen LogP contribution is -2.35. The lowest BCUT2D eigenvalue weighted by Gasteiger charge is -2.25. The molecule has 2 nitrogen and oxygen atoms in total. The number of Topliss-reactive ketones (excluding diaryl/α,β-unsaturated/α-hetero) is 1. The Labute approximate surface area is 115 Å². The van der Waals surface area contributed by atoms with E-state index in [1.165, 1.54) is 6.07 Å². The van der Waals surface area contributed by atoms with E-state index in [9.17, 15) is 13.6 Å². The maximum Gasteiger partial charge on any atom is 0.184 e. The Hall–Kier alpha value is -2.07. The topological polar surface area (TPSA) is 29.1 Å². The zero-order valence-corrected chi connectivity index (χ0v) is 10.7. The Bertz CT molecular complexity index is 669. The molecule has 1 heterocycles. The molecule has 2 aromatic carbocycles. The van der Waals surface area contributed by atoms with Gasteiger partial charge in [0.25, 0.3) is 0 Å². The summed E-state index contributed by atoms with van der Waals surface area (Å²) in [7, 11) is 0. The van der Waals surface area contributed by atoms with Crippen LogP contribution in [-0.2, 0) is 6.42 Å². The third-order valence-corrected chi connectivity index (χ3v) is 3.58. The van der Waals surface area contributed by atoms with Gasteiger partial charge in [-0.2, -0.15) is 0 Å². The van der Waals surface area contributed by atoms with Crippen LogP contribution in [0.15, 0.2) is 42.5 Å². The number of hydrogen-bond donors (Lipinski definition) is 1. The van der Waals surface area contributed by atoms with Crippen LogP contribution in [0.25, 0.3) is 0 Å². The minimum Gasteiger partial charge on any atom is -0.303 e. The molecule has 0 amide bonds. The number of ketones is 1. The van der Waals surface area contributed by atoms with Gasteiger partial charge < -0.3 is 5.32 Å². The molecule has 1 aliphatic heterocycles. The van der Waals surface area contributed by atoms with E-state index in [1.54, 1.807) is 0 Å². The van der Waals surface area contributed by atoms with Gasteiger partial charge in [0.2, 0.25) is 0 Å². The number of fused-ring (bicyclic) bond motifs is 1. The van der Waals surface area contributed by atoms with E-state index in [1.807, 2.05) is 24.3 Å². The zero-order chi connectivity index (χ0) is 14.1. The molecule has 4 heteroatoms. The third kappa shape index (κ3) is 2.23. The second-order valence-electron chi connectivity index (χ2n) is 4.83. The smallest absolute Gasteiger partial charge is 0.184 e. The number of hydrogen-bond acceptors (Lipinski definition) is 2. The molecule has 3 rings (SSSR count). The second-order valence-corrected chi connectivity index (χ2v) is 4.83. The zero-order valence-electron chi connectivity index (χ0n) is 10.7. The average Bonchev–Trinajstić information content (AvgIpc) is 2.49. The monoisotopic (exact) mass is 273 g/mol. The number of rotatable bonds is 2. The fourth-order valence-corrected chi connectivity index (χ4v) is 2.55. The molecule has 1 aliphatic rings. The van der Waals surface area contributed by atoms with E-state index in [2.05, 4.69) is 5.32 Å². The van der Waals surface area contributed by atoms with Gasteiger partial charge in [0.15, 0.2) is 17.4 Å². The highest BCUT2D eigenvalue weighted by Gasteiger charge is 2.27. The Morgan fingerprint density at radius 1 is 1.10 bits per heavy atom. The van der Waals surface area contributed by atoms with E-state index >= 15 is 0 Å². The second kappa shape index (κ2) is 5.13. The number of carbonyl (C=O) groups is 1. The van der Waals surface area contributed by atoms with Crippen molar-refractivity contribution >= 4 is 5.78 Å². The quantitative estimate of drug-likeness (QED) is 0.852. The van der Waals surface area contributed by atoms with Gasteiger partial charge in [0.05, 0.1) is 6.04 Å². The van der Waals surface area contributed by atoms with Crippen molar-refractivity contribution < 1.29 is 13.6 Å². The summed E-state index contributed by atoms with van der Waals surface area (Å²) in [6, 6.07) is 10.4. The van der Waals surface area contributed by atoms with Crippen molar-refractivity contribution in [1.29, 1.82) is 0 Å². The van der Waals surface area contributed by atoms with Crippen LogP contribution in [-0.4, -0.2) is 12.3 Å². The molecule has 0 bridgehead atoms. The van der Waals surface area contributed by atoms with Crippen LogP contribution in [0.2, 0.25) is 0 Å². The molecule has 102 valence electrons. The van der Waals surface area contributed by atoms with Crippen LogP contribution < -0.4 is 5.32 Å². The summed E-state index contributed by atoms with van der Waals surface area (Å²) in [4.78, 5) is 12.5. The van der Waals surface area contributed by atoms with Gasteiger partial charge >= 0.3 is 0 Å². The fourth-order valence-electron chi connectivity index (χ4n) is 2.55. The number of halogens is 2. The van der Waals surface area contributed by atoms with Crippen molar-refractivity contribution in [2.45, 2.75) is 12.5 Å². The van der Waals surface area contributed by atoms with Crippen molar-refractivity contribution in [3.8, 4) is 0 Å². The first-order chi connectivity index (χ1) is 9.66. The molecule has 0 saturated heterocycles. The van der Waals surface area contributed by atoms with Gasteiger partial charge in [0.1, 0.15) is 0 Å². The van der Waals surface area contributed by atoms with Crippen LogP contribution in [0.5, 0.6) is 0 Å². The Balaban J connectivity index is 1.97. The maximum atomic E-state index is 13.3. The number of nitrogens with one attached hydrogen (secondary N) is 1. The van der Waals surface area contributed by atoms with Gasteiger partial charge in [-0.25, -0.2) is 8.78 Å². The molecule has 0 radical (unpaired) electrons. The fraction of sp³-hybridized carbons (Fsp3) is 0.188. The molecular weight excluding hydrogens is 260 g/mol. The summed E-state index contributed by atoms with van der Waals surface area (Å²) in [6.45, 7) is 0.692. The van der Waals surface area contributed by atoms with Crippen molar-refractivity contribution in [3.05, 3.63) is 70.8 Å². The predicted octanol–water partition coefficient (Wildman–Crippen LogP) is 3.03. The van der Waals surface area contributed by atoms with Crippen LogP contribution in [0.4, 0.5) is 8.78 Å². The van der Waals surface area contributed by atoms with Crippen molar-refractivity contribution in [3.63, 3.8) is 0 Å². The summed E-state index contributed by atoms with van der Waals surface area (Å²) in [6.07, 6.45) is 0.859. The minimum atomic E-state index is -1.00. The van der Waals surface area contributed by atoms with E-state index in [0.717, 1.165) is 29.7 Å². The van der Waals surface area contributed by atoms with Gasteiger partial charge in [-0.05, 0) is 35.7 Å². The molecule has 1 N–H and O–H groups in total. The average molecular weight is 273 g/mol. The van der Waals surface area contributed by atoms with Crippen molar-refractivity contribution in [2.75, 3.05) is 6.54 Å². The third-order valence-electron chi connectivity index (χ3n) is 3.58. The molecule has 0 aliphatic carbocycles. The molecule has 0 fully saturated rings. The van der Waals surface area contributed by atoms with Crippen molar-refractivity contribution in [1.82, 2.24) is 5.32 Å².